The molecule has 0 saturated heterocycles. The van der Waals surface area contributed by atoms with Crippen molar-refractivity contribution >= 4 is 0 Å². The van der Waals surface area contributed by atoms with Gasteiger partial charge in [0.05, 0.1) is 11.4 Å². The first kappa shape index (κ1) is 10.9. The number of rotatable bonds is 3. The van der Waals surface area contributed by atoms with Crippen LogP contribution in [0.5, 0.6) is 0 Å². The maximum Gasteiger partial charge on any atom is 0.0955 e. The summed E-state index contributed by atoms with van der Waals surface area (Å²) in [6.45, 7) is 2.98. The van der Waals surface area contributed by atoms with Gasteiger partial charge in [-0.3, -0.25) is 4.68 Å². The van der Waals surface area contributed by atoms with Crippen LogP contribution in [0.1, 0.15) is 11.3 Å². The van der Waals surface area contributed by atoms with E-state index < -0.39 is 0 Å². The average molecular weight is 215 g/mol. The lowest BCUT2D eigenvalue weighted by Gasteiger charge is -2.01. The molecule has 1 N–H and O–H groups in total. The first-order valence-electron chi connectivity index (χ1n) is 5.46. The molecule has 0 aliphatic heterocycles. The molecule has 0 radical (unpaired) electrons. The smallest absolute Gasteiger partial charge is 0.0955 e. The monoisotopic (exact) mass is 215 g/mol. The van der Waals surface area contributed by atoms with Crippen LogP contribution in [-0.4, -0.2) is 16.8 Å². The molecule has 0 saturated carbocycles. The van der Waals surface area contributed by atoms with E-state index in [-0.39, 0.29) is 0 Å². The largest absolute Gasteiger partial charge is 0.314 e. The van der Waals surface area contributed by atoms with Crippen molar-refractivity contribution in [1.82, 2.24) is 15.1 Å². The minimum absolute atomic E-state index is 0.849. The zero-order valence-corrected chi connectivity index (χ0v) is 9.99. The molecule has 2 aromatic rings. The van der Waals surface area contributed by atoms with Gasteiger partial charge < -0.3 is 5.32 Å². The standard InChI is InChI=1S/C13H17N3/c1-10-12(9-14-2)16(3)15-13(10)11-7-5-4-6-8-11/h4-8,14H,9H2,1-3H3. The Morgan fingerprint density at radius 3 is 2.56 bits per heavy atom. The number of aryl methyl sites for hydroxylation is 1. The van der Waals surface area contributed by atoms with Crippen molar-refractivity contribution in [1.29, 1.82) is 0 Å². The quantitative estimate of drug-likeness (QED) is 0.850. The third-order valence-electron chi connectivity index (χ3n) is 2.82. The first-order valence-corrected chi connectivity index (χ1v) is 5.46. The number of hydrogen-bond donors (Lipinski definition) is 1. The minimum atomic E-state index is 0.849. The fourth-order valence-electron chi connectivity index (χ4n) is 1.95. The summed E-state index contributed by atoms with van der Waals surface area (Å²) in [6, 6.07) is 10.3. The van der Waals surface area contributed by atoms with Gasteiger partial charge in [-0.25, -0.2) is 0 Å². The maximum absolute atomic E-state index is 4.58. The maximum atomic E-state index is 4.58. The molecular weight excluding hydrogens is 198 g/mol. The molecule has 2 rings (SSSR count). The van der Waals surface area contributed by atoms with Gasteiger partial charge in [-0.05, 0) is 19.5 Å². The molecule has 0 amide bonds. The molecule has 0 atom stereocenters. The number of nitrogens with one attached hydrogen (secondary N) is 1. The van der Waals surface area contributed by atoms with E-state index in [2.05, 4.69) is 29.5 Å². The number of aromatic nitrogens is 2. The van der Waals surface area contributed by atoms with Crippen LogP contribution in [0.25, 0.3) is 11.3 Å². The third kappa shape index (κ3) is 1.86. The summed E-state index contributed by atoms with van der Waals surface area (Å²) in [7, 11) is 3.95. The van der Waals surface area contributed by atoms with Gasteiger partial charge in [0, 0.05) is 19.2 Å². The van der Waals surface area contributed by atoms with Crippen molar-refractivity contribution in [2.45, 2.75) is 13.5 Å². The number of hydrogen-bond acceptors (Lipinski definition) is 2. The highest BCUT2D eigenvalue weighted by atomic mass is 15.3. The summed E-state index contributed by atoms with van der Waals surface area (Å²) in [6.07, 6.45) is 0. The van der Waals surface area contributed by atoms with Crippen molar-refractivity contribution in [3.63, 3.8) is 0 Å². The van der Waals surface area contributed by atoms with Gasteiger partial charge >= 0.3 is 0 Å². The van der Waals surface area contributed by atoms with Crippen molar-refractivity contribution in [2.24, 2.45) is 7.05 Å². The predicted molar refractivity (Wildman–Crippen MR) is 66.1 cm³/mol. The zero-order valence-electron chi connectivity index (χ0n) is 9.99. The Labute approximate surface area is 96.1 Å². The second-order valence-electron chi connectivity index (χ2n) is 3.94. The second-order valence-corrected chi connectivity index (χ2v) is 3.94. The SMILES string of the molecule is CNCc1c(C)c(-c2ccccc2)nn1C. The Bertz CT molecular complexity index is 471. The molecular formula is C13H17N3. The lowest BCUT2D eigenvalue weighted by molar-refractivity contribution is 0.671. The summed E-state index contributed by atoms with van der Waals surface area (Å²) < 4.78 is 1.95. The van der Waals surface area contributed by atoms with Gasteiger partial charge in [0.1, 0.15) is 0 Å². The molecule has 0 unspecified atom stereocenters. The molecule has 0 fully saturated rings. The normalized spacial score (nSPS) is 10.7. The van der Waals surface area contributed by atoms with Crippen LogP contribution < -0.4 is 5.32 Å². The fourth-order valence-corrected chi connectivity index (χ4v) is 1.95. The van der Waals surface area contributed by atoms with Gasteiger partial charge in [0.15, 0.2) is 0 Å². The second kappa shape index (κ2) is 4.49. The average Bonchev–Trinajstić information content (AvgIpc) is 2.59. The Hall–Kier alpha value is -1.61. The van der Waals surface area contributed by atoms with Crippen LogP contribution in [0, 0.1) is 6.92 Å². The summed E-state index contributed by atoms with van der Waals surface area (Å²) in [4.78, 5) is 0. The lowest BCUT2D eigenvalue weighted by atomic mass is 10.1. The van der Waals surface area contributed by atoms with E-state index in [4.69, 9.17) is 0 Å². The summed E-state index contributed by atoms with van der Waals surface area (Å²) in [5.74, 6) is 0. The van der Waals surface area contributed by atoms with E-state index in [1.807, 2.05) is 37.0 Å². The molecule has 84 valence electrons. The van der Waals surface area contributed by atoms with E-state index >= 15 is 0 Å². The summed E-state index contributed by atoms with van der Waals surface area (Å²) in [5.41, 5.74) is 4.75. The highest BCUT2D eigenvalue weighted by molar-refractivity contribution is 5.63. The minimum Gasteiger partial charge on any atom is -0.314 e. The number of benzene rings is 1. The van der Waals surface area contributed by atoms with Gasteiger partial charge in [0.25, 0.3) is 0 Å². The first-order chi connectivity index (χ1) is 7.74. The van der Waals surface area contributed by atoms with E-state index in [0.717, 1.165) is 12.2 Å². The zero-order chi connectivity index (χ0) is 11.5. The van der Waals surface area contributed by atoms with Crippen LogP contribution >= 0.6 is 0 Å². The topological polar surface area (TPSA) is 29.9 Å². The molecule has 3 heteroatoms. The Kier molecular flexibility index (Phi) is 3.06. The van der Waals surface area contributed by atoms with E-state index in [0.29, 0.717) is 0 Å². The molecule has 16 heavy (non-hydrogen) atoms. The van der Waals surface area contributed by atoms with Crippen molar-refractivity contribution in [2.75, 3.05) is 7.05 Å². The van der Waals surface area contributed by atoms with Crippen LogP contribution in [0.2, 0.25) is 0 Å². The molecule has 1 heterocycles. The number of nitrogens with zero attached hydrogens (tertiary/aromatic N) is 2. The van der Waals surface area contributed by atoms with Crippen LogP contribution in [0.3, 0.4) is 0 Å². The van der Waals surface area contributed by atoms with E-state index in [9.17, 15) is 0 Å². The van der Waals surface area contributed by atoms with Gasteiger partial charge in [0.2, 0.25) is 0 Å². The third-order valence-corrected chi connectivity index (χ3v) is 2.82. The predicted octanol–water partition coefficient (Wildman–Crippen LogP) is 2.11. The lowest BCUT2D eigenvalue weighted by Crippen LogP contribution is -2.10. The van der Waals surface area contributed by atoms with Crippen LogP contribution in [0.4, 0.5) is 0 Å². The molecule has 0 bridgehead atoms. The molecule has 1 aromatic heterocycles. The van der Waals surface area contributed by atoms with Gasteiger partial charge in [-0.15, -0.1) is 0 Å². The van der Waals surface area contributed by atoms with Crippen molar-refractivity contribution in [3.8, 4) is 11.3 Å². The summed E-state index contributed by atoms with van der Waals surface area (Å²) in [5, 5.41) is 7.75. The van der Waals surface area contributed by atoms with Crippen molar-refractivity contribution in [3.05, 3.63) is 41.6 Å². The van der Waals surface area contributed by atoms with E-state index in [1.165, 1.54) is 16.8 Å². The van der Waals surface area contributed by atoms with Gasteiger partial charge in [-0.1, -0.05) is 30.3 Å². The van der Waals surface area contributed by atoms with E-state index in [1.54, 1.807) is 0 Å². The molecule has 0 aliphatic carbocycles. The Morgan fingerprint density at radius 2 is 1.94 bits per heavy atom. The fraction of sp³-hybridized carbons (Fsp3) is 0.308. The Morgan fingerprint density at radius 1 is 1.25 bits per heavy atom. The Balaban J connectivity index is 2.47. The summed E-state index contributed by atoms with van der Waals surface area (Å²) >= 11 is 0. The van der Waals surface area contributed by atoms with Crippen LogP contribution in [-0.2, 0) is 13.6 Å². The molecule has 3 nitrogen and oxygen atoms in total. The van der Waals surface area contributed by atoms with Gasteiger partial charge in [-0.2, -0.15) is 5.10 Å². The van der Waals surface area contributed by atoms with Crippen LogP contribution in [0.15, 0.2) is 30.3 Å². The van der Waals surface area contributed by atoms with Crippen molar-refractivity contribution < 1.29 is 0 Å². The highest BCUT2D eigenvalue weighted by Gasteiger charge is 2.12. The molecule has 0 spiro atoms. The highest BCUT2D eigenvalue weighted by Crippen LogP contribution is 2.23. The molecule has 0 aliphatic rings. The molecule has 1 aromatic carbocycles.